The average molecular weight is 269 g/mol. The minimum Gasteiger partial charge on any atom is -0.316 e. The third-order valence-electron chi connectivity index (χ3n) is 2.88. The molecule has 0 bridgehead atoms. The molecule has 0 spiro atoms. The highest BCUT2D eigenvalue weighted by atomic mass is 35.5. The largest absolute Gasteiger partial charge is 0.316 e. The molecule has 3 heteroatoms. The Kier molecular flexibility index (Phi) is 7.33. The molecule has 2 nitrogen and oxygen atoms in total. The molecule has 18 heavy (non-hydrogen) atoms. The van der Waals surface area contributed by atoms with Crippen molar-refractivity contribution in [2.75, 3.05) is 19.6 Å². The van der Waals surface area contributed by atoms with Crippen LogP contribution in [0.25, 0.3) is 0 Å². The van der Waals surface area contributed by atoms with Gasteiger partial charge in [-0.2, -0.15) is 0 Å². The first kappa shape index (κ1) is 15.5. The Balaban J connectivity index is 2.11. The third-order valence-corrected chi connectivity index (χ3v) is 3.11. The summed E-state index contributed by atoms with van der Waals surface area (Å²) in [5.74, 6) is 0.731. The Morgan fingerprint density at radius 2 is 1.89 bits per heavy atom. The Hall–Kier alpha value is -0.570. The summed E-state index contributed by atoms with van der Waals surface area (Å²) < 4.78 is 0. The van der Waals surface area contributed by atoms with Crippen molar-refractivity contribution in [2.24, 2.45) is 5.92 Å². The molecule has 0 fully saturated rings. The van der Waals surface area contributed by atoms with Crippen molar-refractivity contribution in [3.05, 3.63) is 34.3 Å². The molecule has 0 aromatic heterocycles. The van der Waals surface area contributed by atoms with Crippen molar-refractivity contribution in [2.45, 2.75) is 33.7 Å². The van der Waals surface area contributed by atoms with Gasteiger partial charge in [-0.1, -0.05) is 31.5 Å². The lowest BCUT2D eigenvalue weighted by molar-refractivity contribution is 0.530. The molecule has 0 atom stereocenters. The van der Waals surface area contributed by atoms with E-state index in [4.69, 9.17) is 11.6 Å². The fourth-order valence-electron chi connectivity index (χ4n) is 1.81. The lowest BCUT2D eigenvalue weighted by atomic mass is 10.1. The maximum absolute atomic E-state index is 5.93. The van der Waals surface area contributed by atoms with Crippen LogP contribution in [0.5, 0.6) is 0 Å². The summed E-state index contributed by atoms with van der Waals surface area (Å²) in [6.45, 7) is 10.7. The van der Waals surface area contributed by atoms with E-state index in [0.29, 0.717) is 0 Å². The predicted octanol–water partition coefficient (Wildman–Crippen LogP) is 3.37. The van der Waals surface area contributed by atoms with Crippen LogP contribution in [-0.4, -0.2) is 19.6 Å². The number of hydrogen-bond acceptors (Lipinski definition) is 2. The van der Waals surface area contributed by atoms with Crippen LogP contribution in [0.4, 0.5) is 0 Å². The van der Waals surface area contributed by atoms with E-state index >= 15 is 0 Å². The fourth-order valence-corrected chi connectivity index (χ4v) is 2.04. The maximum atomic E-state index is 5.93. The van der Waals surface area contributed by atoms with Crippen molar-refractivity contribution >= 4 is 11.6 Å². The van der Waals surface area contributed by atoms with Crippen molar-refractivity contribution in [1.82, 2.24) is 10.6 Å². The van der Waals surface area contributed by atoms with E-state index in [1.807, 2.05) is 12.1 Å². The van der Waals surface area contributed by atoms with E-state index in [9.17, 15) is 0 Å². The van der Waals surface area contributed by atoms with Crippen LogP contribution in [0.3, 0.4) is 0 Å². The van der Waals surface area contributed by atoms with Gasteiger partial charge in [0.05, 0.1) is 0 Å². The van der Waals surface area contributed by atoms with Crippen LogP contribution >= 0.6 is 11.6 Å². The van der Waals surface area contributed by atoms with E-state index < -0.39 is 0 Å². The Labute approximate surface area is 116 Å². The van der Waals surface area contributed by atoms with Crippen LogP contribution in [0.2, 0.25) is 5.02 Å². The number of rotatable bonds is 8. The van der Waals surface area contributed by atoms with Gasteiger partial charge >= 0.3 is 0 Å². The van der Waals surface area contributed by atoms with Gasteiger partial charge in [-0.05, 0) is 62.2 Å². The molecule has 0 saturated heterocycles. The van der Waals surface area contributed by atoms with Gasteiger partial charge in [0.25, 0.3) is 0 Å². The quantitative estimate of drug-likeness (QED) is 0.707. The Morgan fingerprint density at radius 3 is 2.56 bits per heavy atom. The summed E-state index contributed by atoms with van der Waals surface area (Å²) in [4.78, 5) is 0. The lowest BCUT2D eigenvalue weighted by Crippen LogP contribution is -2.24. The Morgan fingerprint density at radius 1 is 1.17 bits per heavy atom. The van der Waals surface area contributed by atoms with Crippen molar-refractivity contribution in [3.63, 3.8) is 0 Å². The van der Waals surface area contributed by atoms with Gasteiger partial charge in [-0.3, -0.25) is 0 Å². The van der Waals surface area contributed by atoms with Gasteiger partial charge in [-0.15, -0.1) is 0 Å². The second kappa shape index (κ2) is 8.52. The van der Waals surface area contributed by atoms with E-state index in [0.717, 1.165) is 37.1 Å². The normalized spacial score (nSPS) is 11.2. The molecule has 0 unspecified atom stereocenters. The fraction of sp³-hybridized carbons (Fsp3) is 0.600. The first-order valence-electron chi connectivity index (χ1n) is 6.76. The standard InChI is InChI=1S/C15H25ClN2/c1-12(2)10-17-7-4-8-18-11-14-5-6-15(16)9-13(14)3/h5-6,9,12,17-18H,4,7-8,10-11H2,1-3H3. The second-order valence-electron chi connectivity index (χ2n) is 5.20. The molecule has 0 amide bonds. The molecule has 1 aromatic carbocycles. The van der Waals surface area contributed by atoms with Gasteiger partial charge in [0.1, 0.15) is 0 Å². The average Bonchev–Trinajstić information content (AvgIpc) is 2.30. The number of nitrogens with one attached hydrogen (secondary N) is 2. The van der Waals surface area contributed by atoms with Crippen molar-refractivity contribution in [1.29, 1.82) is 0 Å². The topological polar surface area (TPSA) is 24.1 Å². The summed E-state index contributed by atoms with van der Waals surface area (Å²) in [6.07, 6.45) is 1.17. The minimum atomic E-state index is 0.731. The van der Waals surface area contributed by atoms with Gasteiger partial charge in [0, 0.05) is 11.6 Å². The van der Waals surface area contributed by atoms with Gasteiger partial charge in [0.15, 0.2) is 0 Å². The monoisotopic (exact) mass is 268 g/mol. The van der Waals surface area contributed by atoms with E-state index in [1.54, 1.807) is 0 Å². The van der Waals surface area contributed by atoms with Gasteiger partial charge < -0.3 is 10.6 Å². The Bertz CT molecular complexity index is 350. The zero-order valence-electron chi connectivity index (χ0n) is 11.7. The molecule has 102 valence electrons. The molecule has 0 aliphatic carbocycles. The maximum Gasteiger partial charge on any atom is 0.0408 e. The molecule has 0 aliphatic rings. The zero-order valence-corrected chi connectivity index (χ0v) is 12.5. The molecular formula is C15H25ClN2. The van der Waals surface area contributed by atoms with Crippen LogP contribution in [-0.2, 0) is 6.54 Å². The van der Waals surface area contributed by atoms with E-state index in [2.05, 4.69) is 37.5 Å². The summed E-state index contributed by atoms with van der Waals surface area (Å²) in [7, 11) is 0. The summed E-state index contributed by atoms with van der Waals surface area (Å²) in [5.41, 5.74) is 2.59. The number of aryl methyl sites for hydroxylation is 1. The second-order valence-corrected chi connectivity index (χ2v) is 5.64. The molecule has 0 aliphatic heterocycles. The number of halogens is 1. The summed E-state index contributed by atoms with van der Waals surface area (Å²) in [6, 6.07) is 6.07. The highest BCUT2D eigenvalue weighted by molar-refractivity contribution is 6.30. The molecule has 1 aromatic rings. The summed E-state index contributed by atoms with van der Waals surface area (Å²) in [5, 5.41) is 7.73. The van der Waals surface area contributed by atoms with Gasteiger partial charge in [0.2, 0.25) is 0 Å². The third kappa shape index (κ3) is 6.39. The van der Waals surface area contributed by atoms with Crippen LogP contribution in [0.1, 0.15) is 31.4 Å². The molecule has 1 rings (SSSR count). The first-order chi connectivity index (χ1) is 8.59. The lowest BCUT2D eigenvalue weighted by Gasteiger charge is -2.09. The first-order valence-corrected chi connectivity index (χ1v) is 7.14. The summed E-state index contributed by atoms with van der Waals surface area (Å²) >= 11 is 5.93. The zero-order chi connectivity index (χ0) is 13.4. The number of hydrogen-bond donors (Lipinski definition) is 2. The smallest absolute Gasteiger partial charge is 0.0408 e. The van der Waals surface area contributed by atoms with Crippen molar-refractivity contribution < 1.29 is 0 Å². The molecule has 0 saturated carbocycles. The highest BCUT2D eigenvalue weighted by Crippen LogP contribution is 2.14. The van der Waals surface area contributed by atoms with Crippen LogP contribution in [0.15, 0.2) is 18.2 Å². The van der Waals surface area contributed by atoms with Crippen LogP contribution < -0.4 is 10.6 Å². The van der Waals surface area contributed by atoms with E-state index in [1.165, 1.54) is 17.5 Å². The number of benzene rings is 1. The van der Waals surface area contributed by atoms with Crippen molar-refractivity contribution in [3.8, 4) is 0 Å². The molecule has 0 heterocycles. The highest BCUT2D eigenvalue weighted by Gasteiger charge is 1.98. The van der Waals surface area contributed by atoms with Gasteiger partial charge in [-0.25, -0.2) is 0 Å². The molecule has 2 N–H and O–H groups in total. The SMILES string of the molecule is Cc1cc(Cl)ccc1CNCCCNCC(C)C. The van der Waals surface area contributed by atoms with E-state index in [-0.39, 0.29) is 0 Å². The predicted molar refractivity (Wildman–Crippen MR) is 80.2 cm³/mol. The minimum absolute atomic E-state index is 0.731. The molecular weight excluding hydrogens is 244 g/mol. The van der Waals surface area contributed by atoms with Crippen LogP contribution in [0, 0.1) is 12.8 Å². The molecule has 0 radical (unpaired) electrons.